The molecular formula is C13H17F3N2O3. The first-order valence-corrected chi connectivity index (χ1v) is 6.11. The summed E-state index contributed by atoms with van der Waals surface area (Å²) in [5, 5.41) is 2.43. The van der Waals surface area contributed by atoms with E-state index in [9.17, 15) is 18.0 Å². The number of carbonyl (C=O) groups excluding carboxylic acids is 1. The van der Waals surface area contributed by atoms with Crippen LogP contribution in [0.15, 0.2) is 18.2 Å². The van der Waals surface area contributed by atoms with Gasteiger partial charge in [-0.15, -0.1) is 0 Å². The van der Waals surface area contributed by atoms with E-state index in [1.165, 1.54) is 32.2 Å². The maximum absolute atomic E-state index is 12.4. The van der Waals surface area contributed by atoms with Crippen molar-refractivity contribution in [3.8, 4) is 5.75 Å². The standard InChI is InChI=1S/C13H17F3N2O3/c1-7(21-8(2)13(14,15)16)12(19)18-10-5-4-9(17)6-11(10)20-3/h4-8H,17H2,1-3H3,(H,18,19). The molecule has 1 aromatic rings. The van der Waals surface area contributed by atoms with E-state index in [0.29, 0.717) is 17.1 Å². The highest BCUT2D eigenvalue weighted by Gasteiger charge is 2.38. The first-order valence-electron chi connectivity index (χ1n) is 6.11. The van der Waals surface area contributed by atoms with Crippen LogP contribution in [0, 0.1) is 0 Å². The minimum atomic E-state index is -4.52. The molecule has 0 bridgehead atoms. The molecule has 21 heavy (non-hydrogen) atoms. The number of amides is 1. The maximum atomic E-state index is 12.4. The number of halogens is 3. The van der Waals surface area contributed by atoms with Crippen LogP contribution in [0.1, 0.15) is 13.8 Å². The fourth-order valence-corrected chi connectivity index (χ4v) is 1.49. The summed E-state index contributed by atoms with van der Waals surface area (Å²) in [7, 11) is 1.39. The third-order valence-corrected chi connectivity index (χ3v) is 2.72. The average Bonchev–Trinajstić information content (AvgIpc) is 2.39. The quantitative estimate of drug-likeness (QED) is 0.820. The zero-order chi connectivity index (χ0) is 16.2. The minimum Gasteiger partial charge on any atom is -0.494 e. The van der Waals surface area contributed by atoms with Crippen LogP contribution in [0.4, 0.5) is 24.5 Å². The van der Waals surface area contributed by atoms with Crippen LogP contribution in [0.5, 0.6) is 5.75 Å². The van der Waals surface area contributed by atoms with E-state index >= 15 is 0 Å². The summed E-state index contributed by atoms with van der Waals surface area (Å²) in [5.41, 5.74) is 6.29. The minimum absolute atomic E-state index is 0.298. The van der Waals surface area contributed by atoms with E-state index in [1.807, 2.05) is 0 Å². The Labute approximate surface area is 120 Å². The summed E-state index contributed by atoms with van der Waals surface area (Å²) in [4.78, 5) is 11.8. The molecule has 0 aliphatic carbocycles. The Hall–Kier alpha value is -1.96. The number of nitrogen functional groups attached to an aromatic ring is 1. The monoisotopic (exact) mass is 306 g/mol. The van der Waals surface area contributed by atoms with Gasteiger partial charge in [0.2, 0.25) is 0 Å². The summed E-state index contributed by atoms with van der Waals surface area (Å²) in [5.74, 6) is -0.409. The van der Waals surface area contributed by atoms with Gasteiger partial charge in [-0.05, 0) is 26.0 Å². The number of ether oxygens (including phenoxy) is 2. The number of anilines is 2. The van der Waals surface area contributed by atoms with E-state index < -0.39 is 24.3 Å². The lowest BCUT2D eigenvalue weighted by atomic mass is 10.2. The van der Waals surface area contributed by atoms with E-state index in [4.69, 9.17) is 10.5 Å². The number of carbonyl (C=O) groups is 1. The molecule has 118 valence electrons. The molecule has 0 radical (unpaired) electrons. The topological polar surface area (TPSA) is 73.6 Å². The molecule has 3 N–H and O–H groups in total. The lowest BCUT2D eigenvalue weighted by molar-refractivity contribution is -0.223. The molecule has 0 aromatic heterocycles. The maximum Gasteiger partial charge on any atom is 0.414 e. The fourth-order valence-electron chi connectivity index (χ4n) is 1.49. The van der Waals surface area contributed by atoms with Crippen molar-refractivity contribution in [1.82, 2.24) is 0 Å². The molecule has 1 amide bonds. The molecule has 5 nitrogen and oxygen atoms in total. The predicted molar refractivity (Wildman–Crippen MR) is 72.1 cm³/mol. The normalized spacial score (nSPS) is 14.4. The molecule has 0 fully saturated rings. The highest BCUT2D eigenvalue weighted by Crippen LogP contribution is 2.27. The first kappa shape index (κ1) is 17.1. The second-order valence-electron chi connectivity index (χ2n) is 4.41. The smallest absolute Gasteiger partial charge is 0.414 e. The summed E-state index contributed by atoms with van der Waals surface area (Å²) in [6.45, 7) is 2.08. The SMILES string of the molecule is COc1cc(N)ccc1NC(=O)C(C)OC(C)C(F)(F)F. The van der Waals surface area contributed by atoms with E-state index in [-0.39, 0.29) is 0 Å². The molecule has 2 atom stereocenters. The van der Waals surface area contributed by atoms with Gasteiger partial charge in [-0.2, -0.15) is 13.2 Å². The highest BCUT2D eigenvalue weighted by molar-refractivity contribution is 5.95. The van der Waals surface area contributed by atoms with Crippen LogP contribution < -0.4 is 15.8 Å². The Morgan fingerprint density at radius 3 is 2.48 bits per heavy atom. The van der Waals surface area contributed by atoms with E-state index in [1.54, 1.807) is 0 Å². The van der Waals surface area contributed by atoms with Crippen molar-refractivity contribution in [3.63, 3.8) is 0 Å². The molecule has 8 heteroatoms. The van der Waals surface area contributed by atoms with Crippen LogP contribution in [0.25, 0.3) is 0 Å². The van der Waals surface area contributed by atoms with Crippen LogP contribution in [0.3, 0.4) is 0 Å². The van der Waals surface area contributed by atoms with Gasteiger partial charge in [-0.3, -0.25) is 4.79 Å². The Morgan fingerprint density at radius 1 is 1.33 bits per heavy atom. The van der Waals surface area contributed by atoms with Gasteiger partial charge in [0.05, 0.1) is 12.8 Å². The number of nitrogens with two attached hydrogens (primary N) is 1. The molecule has 0 spiro atoms. The van der Waals surface area contributed by atoms with Crippen molar-refractivity contribution < 1.29 is 27.4 Å². The molecule has 2 unspecified atom stereocenters. The van der Waals surface area contributed by atoms with Crippen LogP contribution in [0.2, 0.25) is 0 Å². The summed E-state index contributed by atoms with van der Waals surface area (Å²) in [6, 6.07) is 4.51. The average molecular weight is 306 g/mol. The van der Waals surface area contributed by atoms with Crippen molar-refractivity contribution in [1.29, 1.82) is 0 Å². The lowest BCUT2D eigenvalue weighted by Gasteiger charge is -2.21. The number of alkyl halides is 3. The van der Waals surface area contributed by atoms with Gasteiger partial charge in [0.15, 0.2) is 6.10 Å². The summed E-state index contributed by atoms with van der Waals surface area (Å²) in [6.07, 6.45) is -7.83. The van der Waals surface area contributed by atoms with E-state index in [2.05, 4.69) is 10.1 Å². The molecule has 0 heterocycles. The Morgan fingerprint density at radius 2 is 1.95 bits per heavy atom. The van der Waals surface area contributed by atoms with Crippen molar-refractivity contribution in [3.05, 3.63) is 18.2 Å². The highest BCUT2D eigenvalue weighted by atomic mass is 19.4. The van der Waals surface area contributed by atoms with Gasteiger partial charge >= 0.3 is 6.18 Å². The number of benzene rings is 1. The third-order valence-electron chi connectivity index (χ3n) is 2.72. The molecule has 0 aliphatic rings. The van der Waals surface area contributed by atoms with Gasteiger partial charge in [0, 0.05) is 11.8 Å². The number of hydrogen-bond donors (Lipinski definition) is 2. The zero-order valence-corrected chi connectivity index (χ0v) is 11.8. The Kier molecular flexibility index (Phi) is 5.42. The molecular weight excluding hydrogens is 289 g/mol. The number of rotatable bonds is 5. The van der Waals surface area contributed by atoms with Gasteiger partial charge in [-0.25, -0.2) is 0 Å². The predicted octanol–water partition coefficient (Wildman–Crippen LogP) is 2.57. The molecule has 1 rings (SSSR count). The van der Waals surface area contributed by atoms with Crippen LogP contribution in [-0.2, 0) is 9.53 Å². The van der Waals surface area contributed by atoms with Gasteiger partial charge in [0.25, 0.3) is 5.91 Å². The van der Waals surface area contributed by atoms with Crippen molar-refractivity contribution in [2.45, 2.75) is 32.2 Å². The van der Waals surface area contributed by atoms with Crippen LogP contribution >= 0.6 is 0 Å². The Balaban J connectivity index is 2.73. The fraction of sp³-hybridized carbons (Fsp3) is 0.462. The van der Waals surface area contributed by atoms with Crippen molar-refractivity contribution >= 4 is 17.3 Å². The summed E-state index contributed by atoms with van der Waals surface area (Å²) >= 11 is 0. The largest absolute Gasteiger partial charge is 0.494 e. The second-order valence-corrected chi connectivity index (χ2v) is 4.41. The second kappa shape index (κ2) is 6.66. The van der Waals surface area contributed by atoms with Crippen molar-refractivity contribution in [2.75, 3.05) is 18.2 Å². The van der Waals surface area contributed by atoms with Crippen molar-refractivity contribution in [2.24, 2.45) is 0 Å². The van der Waals surface area contributed by atoms with E-state index in [0.717, 1.165) is 6.92 Å². The third kappa shape index (κ3) is 4.82. The number of hydrogen-bond acceptors (Lipinski definition) is 4. The number of nitrogens with one attached hydrogen (secondary N) is 1. The lowest BCUT2D eigenvalue weighted by Crippen LogP contribution is -2.37. The summed E-state index contributed by atoms with van der Waals surface area (Å²) < 4.78 is 46.8. The number of methoxy groups -OCH3 is 1. The Bertz CT molecular complexity index is 506. The van der Waals surface area contributed by atoms with Gasteiger partial charge < -0.3 is 20.5 Å². The molecule has 1 aromatic carbocycles. The zero-order valence-electron chi connectivity index (χ0n) is 11.8. The molecule has 0 saturated carbocycles. The van der Waals surface area contributed by atoms with Crippen LogP contribution in [-0.4, -0.2) is 31.4 Å². The van der Waals surface area contributed by atoms with Gasteiger partial charge in [0.1, 0.15) is 11.9 Å². The first-order chi connectivity index (χ1) is 9.65. The molecule has 0 saturated heterocycles. The molecule has 0 aliphatic heterocycles. The van der Waals surface area contributed by atoms with Gasteiger partial charge in [-0.1, -0.05) is 0 Å².